The molecule has 2 N–H and O–H groups in total. The number of aromatic nitrogens is 1. The van der Waals surface area contributed by atoms with Gasteiger partial charge in [0.1, 0.15) is 11.5 Å². The van der Waals surface area contributed by atoms with Crippen LogP contribution in [-0.4, -0.2) is 23.0 Å². The van der Waals surface area contributed by atoms with E-state index in [1.54, 1.807) is 6.20 Å². The third-order valence-corrected chi connectivity index (χ3v) is 3.81. The summed E-state index contributed by atoms with van der Waals surface area (Å²) >= 11 is 0. The molecular formula is C19H26N3O. The van der Waals surface area contributed by atoms with Crippen LogP contribution in [0.3, 0.4) is 0 Å². The second-order valence-corrected chi connectivity index (χ2v) is 5.55. The van der Waals surface area contributed by atoms with Crippen molar-refractivity contribution in [1.29, 1.82) is 0 Å². The van der Waals surface area contributed by atoms with Crippen LogP contribution in [0.25, 0.3) is 0 Å². The van der Waals surface area contributed by atoms with Crippen molar-refractivity contribution in [2.75, 3.05) is 18.8 Å². The molecule has 0 unspecified atom stereocenters. The van der Waals surface area contributed by atoms with Crippen molar-refractivity contribution < 1.29 is 4.74 Å². The minimum Gasteiger partial charge on any atom is -0.457 e. The van der Waals surface area contributed by atoms with Crippen LogP contribution < -0.4 is 10.5 Å². The van der Waals surface area contributed by atoms with Crippen molar-refractivity contribution in [3.05, 3.63) is 54.3 Å². The molecule has 0 amide bonds. The smallest absolute Gasteiger partial charge is 0.130 e. The number of rotatable bonds is 8. The second-order valence-electron chi connectivity index (χ2n) is 5.55. The van der Waals surface area contributed by atoms with Gasteiger partial charge in [-0.2, -0.15) is 0 Å². The molecule has 1 radical (unpaired) electrons. The summed E-state index contributed by atoms with van der Waals surface area (Å²) in [6.07, 6.45) is 3.70. The number of nitrogens with zero attached hydrogens (tertiary/aromatic N) is 2. The number of aryl methyl sites for hydroxylation is 2. The summed E-state index contributed by atoms with van der Waals surface area (Å²) in [5.74, 6) is 1.64. The van der Waals surface area contributed by atoms with Gasteiger partial charge in [0.05, 0.1) is 0 Å². The average Bonchev–Trinajstić information content (AvgIpc) is 2.55. The van der Waals surface area contributed by atoms with Crippen molar-refractivity contribution in [3.8, 4) is 11.5 Å². The van der Waals surface area contributed by atoms with Crippen LogP contribution in [0.4, 0.5) is 5.69 Å². The second kappa shape index (κ2) is 8.53. The van der Waals surface area contributed by atoms with Crippen LogP contribution in [0, 0.1) is 13.5 Å². The first kappa shape index (κ1) is 17.3. The van der Waals surface area contributed by atoms with Crippen molar-refractivity contribution in [1.82, 2.24) is 9.88 Å². The van der Waals surface area contributed by atoms with Gasteiger partial charge >= 0.3 is 0 Å². The molecule has 1 heterocycles. The molecule has 4 heteroatoms. The highest BCUT2D eigenvalue weighted by molar-refractivity contribution is 5.48. The fourth-order valence-corrected chi connectivity index (χ4v) is 2.45. The fourth-order valence-electron chi connectivity index (χ4n) is 2.45. The van der Waals surface area contributed by atoms with Gasteiger partial charge in [-0.05, 0) is 62.7 Å². The van der Waals surface area contributed by atoms with Crippen LogP contribution in [0.1, 0.15) is 31.5 Å². The van der Waals surface area contributed by atoms with Gasteiger partial charge in [0.2, 0.25) is 0 Å². The standard InChI is InChI=1S/C19H26N3O/c1-4-22(5-2)12-6-7-17-14-18(10-11-21-17)23-19-9-8-16(20)13-15(19)3/h8-14H,4-7,20H2,1-3H3. The molecule has 1 aromatic heterocycles. The summed E-state index contributed by atoms with van der Waals surface area (Å²) in [7, 11) is 0. The summed E-state index contributed by atoms with van der Waals surface area (Å²) < 4.78 is 5.96. The van der Waals surface area contributed by atoms with Crippen LogP contribution >= 0.6 is 0 Å². The number of nitrogen functional groups attached to an aromatic ring is 1. The maximum Gasteiger partial charge on any atom is 0.130 e. The molecular weight excluding hydrogens is 286 g/mol. The number of hydrogen-bond acceptors (Lipinski definition) is 4. The monoisotopic (exact) mass is 312 g/mol. The topological polar surface area (TPSA) is 51.4 Å². The Morgan fingerprint density at radius 2 is 1.96 bits per heavy atom. The fraction of sp³-hybridized carbons (Fsp3) is 0.368. The highest BCUT2D eigenvalue weighted by Gasteiger charge is 2.05. The van der Waals surface area contributed by atoms with Crippen molar-refractivity contribution in [2.24, 2.45) is 0 Å². The van der Waals surface area contributed by atoms with Crippen LogP contribution in [-0.2, 0) is 6.42 Å². The Balaban J connectivity index is 1.96. The van der Waals surface area contributed by atoms with E-state index < -0.39 is 0 Å². The highest BCUT2D eigenvalue weighted by atomic mass is 16.5. The summed E-state index contributed by atoms with van der Waals surface area (Å²) in [4.78, 5) is 6.73. The Bertz CT molecular complexity index is 624. The summed E-state index contributed by atoms with van der Waals surface area (Å²) in [6, 6.07) is 9.55. The minimum atomic E-state index is 0.747. The van der Waals surface area contributed by atoms with E-state index in [1.165, 1.54) is 0 Å². The van der Waals surface area contributed by atoms with E-state index in [0.29, 0.717) is 0 Å². The normalized spacial score (nSPS) is 11.0. The van der Waals surface area contributed by atoms with Gasteiger partial charge in [0.25, 0.3) is 0 Å². The lowest BCUT2D eigenvalue weighted by Gasteiger charge is -2.16. The quantitative estimate of drug-likeness (QED) is 0.742. The number of nitrogens with two attached hydrogens (primary N) is 1. The van der Waals surface area contributed by atoms with Gasteiger partial charge in [0.15, 0.2) is 0 Å². The molecule has 0 aliphatic heterocycles. The molecule has 0 spiro atoms. The number of hydrogen-bond donors (Lipinski definition) is 1. The predicted molar refractivity (Wildman–Crippen MR) is 95.4 cm³/mol. The molecule has 123 valence electrons. The molecule has 0 atom stereocenters. The van der Waals surface area contributed by atoms with Crippen molar-refractivity contribution in [3.63, 3.8) is 0 Å². The first-order chi connectivity index (χ1) is 11.1. The van der Waals surface area contributed by atoms with Gasteiger partial charge in [-0.25, -0.2) is 0 Å². The largest absolute Gasteiger partial charge is 0.457 e. The lowest BCUT2D eigenvalue weighted by Crippen LogP contribution is -2.19. The Labute approximate surface area is 139 Å². The SMILES string of the molecule is CCN([CH]CCc1cc(Oc2ccc(N)cc2C)ccn1)CC. The Hall–Kier alpha value is -2.07. The first-order valence-electron chi connectivity index (χ1n) is 8.18. The van der Waals surface area contributed by atoms with Crippen LogP contribution in [0.5, 0.6) is 11.5 Å². The van der Waals surface area contributed by atoms with Crippen molar-refractivity contribution in [2.45, 2.75) is 33.6 Å². The maximum atomic E-state index is 5.96. The lowest BCUT2D eigenvalue weighted by atomic mass is 10.2. The average molecular weight is 312 g/mol. The molecule has 4 nitrogen and oxygen atoms in total. The summed E-state index contributed by atoms with van der Waals surface area (Å²) in [6.45, 7) is 10.7. The molecule has 0 aliphatic rings. The van der Waals surface area contributed by atoms with E-state index in [-0.39, 0.29) is 0 Å². The third kappa shape index (κ3) is 5.25. The number of anilines is 1. The number of ether oxygens (including phenoxy) is 1. The summed E-state index contributed by atoms with van der Waals surface area (Å²) in [5.41, 5.74) is 8.59. The van der Waals surface area contributed by atoms with Crippen LogP contribution in [0.15, 0.2) is 36.5 Å². The van der Waals surface area contributed by atoms with Gasteiger partial charge in [0, 0.05) is 30.2 Å². The molecule has 0 fully saturated rings. The van der Waals surface area contributed by atoms with E-state index >= 15 is 0 Å². The summed E-state index contributed by atoms with van der Waals surface area (Å²) in [5, 5.41) is 0. The zero-order valence-electron chi connectivity index (χ0n) is 14.2. The van der Waals surface area contributed by atoms with Gasteiger partial charge in [-0.3, -0.25) is 9.88 Å². The van der Waals surface area contributed by atoms with Gasteiger partial charge < -0.3 is 10.5 Å². The van der Waals surface area contributed by atoms with Gasteiger partial charge in [-0.15, -0.1) is 0 Å². The van der Waals surface area contributed by atoms with E-state index in [9.17, 15) is 0 Å². The Morgan fingerprint density at radius 3 is 2.65 bits per heavy atom. The molecule has 2 aromatic rings. The zero-order valence-corrected chi connectivity index (χ0v) is 14.2. The van der Waals surface area contributed by atoms with E-state index in [0.717, 1.165) is 54.4 Å². The lowest BCUT2D eigenvalue weighted by molar-refractivity contribution is 0.358. The number of pyridine rings is 1. The van der Waals surface area contributed by atoms with E-state index in [2.05, 4.69) is 30.3 Å². The maximum absolute atomic E-state index is 5.96. The number of benzene rings is 1. The molecule has 0 bridgehead atoms. The molecule has 0 saturated carbocycles. The zero-order chi connectivity index (χ0) is 16.7. The predicted octanol–water partition coefficient (Wildman–Crippen LogP) is 4.20. The first-order valence-corrected chi connectivity index (χ1v) is 8.18. The van der Waals surface area contributed by atoms with E-state index in [1.807, 2.05) is 37.3 Å². The molecule has 0 aliphatic carbocycles. The molecule has 0 saturated heterocycles. The molecule has 2 rings (SSSR count). The third-order valence-electron chi connectivity index (χ3n) is 3.81. The van der Waals surface area contributed by atoms with E-state index in [4.69, 9.17) is 10.5 Å². The highest BCUT2D eigenvalue weighted by Crippen LogP contribution is 2.26. The molecule has 1 aromatic carbocycles. The Morgan fingerprint density at radius 1 is 1.17 bits per heavy atom. The van der Waals surface area contributed by atoms with Gasteiger partial charge in [-0.1, -0.05) is 13.8 Å². The van der Waals surface area contributed by atoms with Crippen molar-refractivity contribution >= 4 is 5.69 Å². The Kier molecular flexibility index (Phi) is 6.41. The van der Waals surface area contributed by atoms with Crippen LogP contribution in [0.2, 0.25) is 0 Å². The molecule has 23 heavy (non-hydrogen) atoms. The minimum absolute atomic E-state index is 0.747.